The Hall–Kier alpha value is -0.580. The van der Waals surface area contributed by atoms with Gasteiger partial charge in [0.1, 0.15) is 6.29 Å². The molecule has 0 aromatic heterocycles. The summed E-state index contributed by atoms with van der Waals surface area (Å²) in [5, 5.41) is 0. The van der Waals surface area contributed by atoms with E-state index >= 15 is 0 Å². The molecule has 0 aliphatic rings. The van der Waals surface area contributed by atoms with Crippen molar-refractivity contribution in [1.29, 1.82) is 0 Å². The fourth-order valence-corrected chi connectivity index (χ4v) is 0.0668. The Balaban J connectivity index is 4.32. The van der Waals surface area contributed by atoms with Crippen molar-refractivity contribution in [3.63, 3.8) is 0 Å². The summed E-state index contributed by atoms with van der Waals surface area (Å²) >= 11 is 0. The number of carbonyl (C=O) groups excluding carboxylic acids is 1. The average molecular weight is 141 g/mol. The summed E-state index contributed by atoms with van der Waals surface area (Å²) in [6.07, 6.45) is -4.97. The maximum Gasteiger partial charge on any atom is 0.412 e. The molecule has 0 fully saturated rings. The van der Waals surface area contributed by atoms with Gasteiger partial charge in [-0.25, -0.2) is 0 Å². The Bertz CT molecular complexity index is 117. The van der Waals surface area contributed by atoms with Gasteiger partial charge in [-0.05, 0) is 6.92 Å². The fraction of sp³-hybridized carbons (Fsp3) is 0.750. The number of rotatable bonds is 1. The third kappa shape index (κ3) is 1.67. The molecule has 0 saturated carbocycles. The lowest BCUT2D eigenvalue weighted by atomic mass is 10.1. The number of halogens is 3. The SMILES string of the molecule is C[C@](N)(C=O)C(F)(F)F. The first-order valence-corrected chi connectivity index (χ1v) is 2.13. The van der Waals surface area contributed by atoms with Crippen molar-refractivity contribution in [3.8, 4) is 0 Å². The first-order chi connectivity index (χ1) is 3.81. The third-order valence-corrected chi connectivity index (χ3v) is 0.856. The van der Waals surface area contributed by atoms with Gasteiger partial charge < -0.3 is 10.5 Å². The zero-order valence-corrected chi connectivity index (χ0v) is 4.70. The minimum atomic E-state index is -4.64. The summed E-state index contributed by atoms with van der Waals surface area (Å²) in [5.74, 6) is 0. The van der Waals surface area contributed by atoms with Gasteiger partial charge >= 0.3 is 6.18 Å². The van der Waals surface area contributed by atoms with Crippen LogP contribution in [0, 0.1) is 0 Å². The van der Waals surface area contributed by atoms with Crippen LogP contribution in [0.2, 0.25) is 0 Å². The van der Waals surface area contributed by atoms with Crippen molar-refractivity contribution >= 4 is 6.29 Å². The van der Waals surface area contributed by atoms with E-state index in [2.05, 4.69) is 5.73 Å². The van der Waals surface area contributed by atoms with Crippen LogP contribution in [0.15, 0.2) is 0 Å². The second-order valence-electron chi connectivity index (χ2n) is 1.90. The van der Waals surface area contributed by atoms with Gasteiger partial charge in [-0.15, -0.1) is 0 Å². The van der Waals surface area contributed by atoms with Crippen LogP contribution in [-0.4, -0.2) is 18.0 Å². The van der Waals surface area contributed by atoms with Crippen LogP contribution < -0.4 is 5.73 Å². The van der Waals surface area contributed by atoms with Gasteiger partial charge in [-0.2, -0.15) is 13.2 Å². The molecule has 0 bridgehead atoms. The molecule has 0 aliphatic carbocycles. The van der Waals surface area contributed by atoms with Crippen molar-refractivity contribution in [2.75, 3.05) is 0 Å². The molecular formula is C4H6F3NO. The summed E-state index contributed by atoms with van der Waals surface area (Å²) in [4.78, 5) is 9.63. The van der Waals surface area contributed by atoms with Crippen LogP contribution in [-0.2, 0) is 4.79 Å². The Morgan fingerprint density at radius 1 is 1.44 bits per heavy atom. The van der Waals surface area contributed by atoms with E-state index in [0.717, 1.165) is 0 Å². The summed E-state index contributed by atoms with van der Waals surface area (Å²) in [5.41, 5.74) is 1.80. The molecule has 0 saturated heterocycles. The number of hydrogen-bond acceptors (Lipinski definition) is 2. The summed E-state index contributed by atoms with van der Waals surface area (Å²) in [7, 11) is 0. The van der Waals surface area contributed by atoms with Crippen molar-refractivity contribution in [3.05, 3.63) is 0 Å². The fourth-order valence-electron chi connectivity index (χ4n) is 0.0668. The highest BCUT2D eigenvalue weighted by atomic mass is 19.4. The molecule has 0 aromatic carbocycles. The van der Waals surface area contributed by atoms with Gasteiger partial charge in [0.05, 0.1) is 0 Å². The number of nitrogens with two attached hydrogens (primary N) is 1. The van der Waals surface area contributed by atoms with Gasteiger partial charge in [0, 0.05) is 0 Å². The van der Waals surface area contributed by atoms with E-state index in [1.807, 2.05) is 0 Å². The van der Waals surface area contributed by atoms with Gasteiger partial charge in [0.15, 0.2) is 5.54 Å². The zero-order chi connectivity index (χ0) is 7.71. The topological polar surface area (TPSA) is 43.1 Å². The van der Waals surface area contributed by atoms with E-state index in [-0.39, 0.29) is 6.29 Å². The lowest BCUT2D eigenvalue weighted by Crippen LogP contribution is -2.52. The van der Waals surface area contributed by atoms with Crippen molar-refractivity contribution < 1.29 is 18.0 Å². The minimum absolute atomic E-state index is 0.326. The van der Waals surface area contributed by atoms with Crippen molar-refractivity contribution in [1.82, 2.24) is 0 Å². The lowest BCUT2D eigenvalue weighted by Gasteiger charge is -2.19. The second kappa shape index (κ2) is 1.98. The standard InChI is InChI=1S/C4H6F3NO/c1-3(8,2-9)4(5,6)7/h2H,8H2,1H3/t3-/m0/s1. The molecule has 1 atom stereocenters. The Morgan fingerprint density at radius 2 is 1.78 bits per heavy atom. The smallest absolute Gasteiger partial charge is 0.312 e. The van der Waals surface area contributed by atoms with Crippen molar-refractivity contribution in [2.45, 2.75) is 18.6 Å². The Labute approximate surface area is 49.8 Å². The number of hydrogen-bond donors (Lipinski definition) is 1. The summed E-state index contributed by atoms with van der Waals surface area (Å²) in [6.45, 7) is 0.611. The molecule has 0 aliphatic heterocycles. The molecule has 5 heteroatoms. The molecule has 0 aromatic rings. The van der Waals surface area contributed by atoms with Gasteiger partial charge in [0.25, 0.3) is 0 Å². The minimum Gasteiger partial charge on any atom is -0.312 e. The quantitative estimate of drug-likeness (QED) is 0.539. The molecular weight excluding hydrogens is 135 g/mol. The van der Waals surface area contributed by atoms with Gasteiger partial charge in [-0.1, -0.05) is 0 Å². The van der Waals surface area contributed by atoms with E-state index < -0.39 is 11.7 Å². The predicted octanol–water partition coefficient (Wildman–Crippen LogP) is 0.465. The molecule has 0 rings (SSSR count). The predicted molar refractivity (Wildman–Crippen MR) is 24.7 cm³/mol. The highest BCUT2D eigenvalue weighted by molar-refractivity contribution is 5.64. The monoisotopic (exact) mass is 141 g/mol. The van der Waals surface area contributed by atoms with E-state index in [1.165, 1.54) is 0 Å². The summed E-state index contributed by atoms with van der Waals surface area (Å²) < 4.78 is 34.4. The highest BCUT2D eigenvalue weighted by Gasteiger charge is 2.48. The largest absolute Gasteiger partial charge is 0.412 e. The van der Waals surface area contributed by atoms with Crippen molar-refractivity contribution in [2.24, 2.45) is 5.73 Å². The first-order valence-electron chi connectivity index (χ1n) is 2.13. The molecule has 9 heavy (non-hydrogen) atoms. The van der Waals surface area contributed by atoms with E-state index in [9.17, 15) is 18.0 Å². The third-order valence-electron chi connectivity index (χ3n) is 0.856. The second-order valence-corrected chi connectivity index (χ2v) is 1.90. The van der Waals surface area contributed by atoms with Gasteiger partial charge in [0.2, 0.25) is 0 Å². The molecule has 0 unspecified atom stereocenters. The van der Waals surface area contributed by atoms with Gasteiger partial charge in [-0.3, -0.25) is 0 Å². The average Bonchev–Trinajstić information content (AvgIpc) is 1.64. The number of aldehydes is 1. The number of alkyl halides is 3. The van der Waals surface area contributed by atoms with E-state index in [0.29, 0.717) is 6.92 Å². The highest BCUT2D eigenvalue weighted by Crippen LogP contribution is 2.25. The normalized spacial score (nSPS) is 18.8. The molecule has 2 N–H and O–H groups in total. The Kier molecular flexibility index (Phi) is 1.85. The molecule has 2 nitrogen and oxygen atoms in total. The van der Waals surface area contributed by atoms with Crippen LogP contribution in [0.25, 0.3) is 0 Å². The van der Waals surface area contributed by atoms with E-state index in [4.69, 9.17) is 0 Å². The Morgan fingerprint density at radius 3 is 1.78 bits per heavy atom. The van der Waals surface area contributed by atoms with Crippen LogP contribution >= 0.6 is 0 Å². The van der Waals surface area contributed by atoms with Crippen LogP contribution in [0.5, 0.6) is 0 Å². The van der Waals surface area contributed by atoms with E-state index in [1.54, 1.807) is 0 Å². The maximum absolute atomic E-state index is 11.5. The molecule has 54 valence electrons. The molecule has 0 amide bonds. The van der Waals surface area contributed by atoms with Crippen LogP contribution in [0.4, 0.5) is 13.2 Å². The van der Waals surface area contributed by atoms with Crippen LogP contribution in [0.3, 0.4) is 0 Å². The zero-order valence-electron chi connectivity index (χ0n) is 4.70. The molecule has 0 heterocycles. The van der Waals surface area contributed by atoms with Crippen LogP contribution in [0.1, 0.15) is 6.92 Å². The summed E-state index contributed by atoms with van der Waals surface area (Å²) in [6, 6.07) is 0. The molecule has 0 radical (unpaired) electrons. The number of carbonyl (C=O) groups is 1. The molecule has 0 spiro atoms. The first kappa shape index (κ1) is 8.42. The maximum atomic E-state index is 11.5. The lowest BCUT2D eigenvalue weighted by molar-refractivity contribution is -0.179.